The van der Waals surface area contributed by atoms with Gasteiger partial charge in [0.1, 0.15) is 5.82 Å². The molecule has 0 aliphatic carbocycles. The Hall–Kier alpha value is -2.30. The molecule has 0 amide bonds. The van der Waals surface area contributed by atoms with Gasteiger partial charge in [0.05, 0.1) is 21.4 Å². The van der Waals surface area contributed by atoms with Gasteiger partial charge in [-0.3, -0.25) is 0 Å². The van der Waals surface area contributed by atoms with Crippen LogP contribution in [0.5, 0.6) is 0 Å². The molecule has 0 spiro atoms. The monoisotopic (exact) mass is 372 g/mol. The number of para-hydroxylation sites is 1. The molecule has 128 valence electrons. The first-order valence-electron chi connectivity index (χ1n) is 7.95. The van der Waals surface area contributed by atoms with E-state index in [0.717, 1.165) is 11.3 Å². The number of rotatable bonds is 5. The van der Waals surface area contributed by atoms with E-state index in [4.69, 9.17) is 23.2 Å². The molecule has 2 aromatic carbocycles. The summed E-state index contributed by atoms with van der Waals surface area (Å²) in [6, 6.07) is 17.4. The number of aromatic nitrogens is 2. The molecule has 0 bridgehead atoms. The number of hydrogen-bond donors (Lipinski definition) is 2. The molecule has 0 atom stereocenters. The number of nitrogens with one attached hydrogen (secondary N) is 2. The normalized spacial score (nSPS) is 10.8. The average Bonchev–Trinajstić information content (AvgIpc) is 2.58. The maximum absolute atomic E-state index is 6.25. The SMILES string of the molecule is CC(C)Nc1nc(Nc2c(Cl)cccc2Cl)cc(-c2ccccc2)n1. The molecular formula is C19H18Cl2N4. The molecule has 0 aliphatic heterocycles. The van der Waals surface area contributed by atoms with Gasteiger partial charge in [0, 0.05) is 17.7 Å². The lowest BCUT2D eigenvalue weighted by Crippen LogP contribution is -2.13. The summed E-state index contributed by atoms with van der Waals surface area (Å²) in [7, 11) is 0. The van der Waals surface area contributed by atoms with Crippen LogP contribution in [0.15, 0.2) is 54.6 Å². The molecule has 0 fully saturated rings. The Morgan fingerprint density at radius 2 is 1.56 bits per heavy atom. The number of anilines is 3. The van der Waals surface area contributed by atoms with Gasteiger partial charge in [-0.25, -0.2) is 4.98 Å². The first kappa shape index (κ1) is 17.5. The minimum absolute atomic E-state index is 0.211. The van der Waals surface area contributed by atoms with Crippen LogP contribution in [0.1, 0.15) is 13.8 Å². The van der Waals surface area contributed by atoms with Crippen molar-refractivity contribution in [2.45, 2.75) is 19.9 Å². The van der Waals surface area contributed by atoms with Crippen molar-refractivity contribution in [3.05, 3.63) is 64.6 Å². The van der Waals surface area contributed by atoms with E-state index in [0.29, 0.717) is 27.5 Å². The predicted octanol–water partition coefficient (Wildman–Crippen LogP) is 6.01. The first-order chi connectivity index (χ1) is 12.0. The highest BCUT2D eigenvalue weighted by Gasteiger charge is 2.11. The molecule has 3 aromatic rings. The van der Waals surface area contributed by atoms with E-state index in [2.05, 4.69) is 20.6 Å². The molecule has 1 aromatic heterocycles. The third-order valence-electron chi connectivity index (χ3n) is 3.43. The summed E-state index contributed by atoms with van der Waals surface area (Å²) in [4.78, 5) is 9.13. The quantitative estimate of drug-likeness (QED) is 0.575. The minimum atomic E-state index is 0.211. The highest BCUT2D eigenvalue weighted by Crippen LogP contribution is 2.33. The smallest absolute Gasteiger partial charge is 0.225 e. The summed E-state index contributed by atoms with van der Waals surface area (Å²) in [5, 5.41) is 7.52. The highest BCUT2D eigenvalue weighted by atomic mass is 35.5. The summed E-state index contributed by atoms with van der Waals surface area (Å²) in [6.07, 6.45) is 0. The van der Waals surface area contributed by atoms with Crippen molar-refractivity contribution in [2.24, 2.45) is 0 Å². The number of halogens is 2. The molecular weight excluding hydrogens is 355 g/mol. The molecule has 0 unspecified atom stereocenters. The van der Waals surface area contributed by atoms with Crippen LogP contribution in [-0.4, -0.2) is 16.0 Å². The Bertz CT molecular complexity index is 846. The lowest BCUT2D eigenvalue weighted by molar-refractivity contribution is 0.876. The number of benzene rings is 2. The molecule has 0 saturated heterocycles. The van der Waals surface area contributed by atoms with Gasteiger partial charge in [-0.1, -0.05) is 59.6 Å². The summed E-state index contributed by atoms with van der Waals surface area (Å²) in [5.74, 6) is 1.16. The molecule has 0 aliphatic rings. The predicted molar refractivity (Wildman–Crippen MR) is 106 cm³/mol. The van der Waals surface area contributed by atoms with Crippen molar-refractivity contribution >= 4 is 40.7 Å². The van der Waals surface area contributed by atoms with E-state index in [-0.39, 0.29) is 6.04 Å². The fourth-order valence-electron chi connectivity index (χ4n) is 2.34. The van der Waals surface area contributed by atoms with E-state index in [1.165, 1.54) is 0 Å². The topological polar surface area (TPSA) is 49.8 Å². The second-order valence-electron chi connectivity index (χ2n) is 5.85. The van der Waals surface area contributed by atoms with Gasteiger partial charge in [-0.05, 0) is 26.0 Å². The zero-order valence-electron chi connectivity index (χ0n) is 13.9. The molecule has 4 nitrogen and oxygen atoms in total. The number of nitrogens with zero attached hydrogens (tertiary/aromatic N) is 2. The Morgan fingerprint density at radius 1 is 0.880 bits per heavy atom. The zero-order chi connectivity index (χ0) is 17.8. The van der Waals surface area contributed by atoms with Crippen LogP contribution in [0.3, 0.4) is 0 Å². The van der Waals surface area contributed by atoms with E-state index < -0.39 is 0 Å². The molecule has 1 heterocycles. The van der Waals surface area contributed by atoms with Crippen molar-refractivity contribution in [2.75, 3.05) is 10.6 Å². The maximum atomic E-state index is 6.25. The lowest BCUT2D eigenvalue weighted by Gasteiger charge is -2.14. The zero-order valence-corrected chi connectivity index (χ0v) is 15.4. The highest BCUT2D eigenvalue weighted by molar-refractivity contribution is 6.39. The molecule has 2 N–H and O–H groups in total. The average molecular weight is 373 g/mol. The van der Waals surface area contributed by atoms with Crippen molar-refractivity contribution in [1.29, 1.82) is 0 Å². The van der Waals surface area contributed by atoms with Gasteiger partial charge in [0.2, 0.25) is 5.95 Å². The van der Waals surface area contributed by atoms with Gasteiger partial charge < -0.3 is 10.6 Å². The van der Waals surface area contributed by atoms with Gasteiger partial charge in [0.25, 0.3) is 0 Å². The molecule has 3 rings (SSSR count). The second-order valence-corrected chi connectivity index (χ2v) is 6.66. The summed E-state index contributed by atoms with van der Waals surface area (Å²) >= 11 is 12.5. The fraction of sp³-hybridized carbons (Fsp3) is 0.158. The van der Waals surface area contributed by atoms with Crippen molar-refractivity contribution < 1.29 is 0 Å². The standard InChI is InChI=1S/C19H18Cl2N4/c1-12(2)22-19-23-16(13-7-4-3-5-8-13)11-17(25-19)24-18-14(20)9-6-10-15(18)21/h3-12H,1-2H3,(H2,22,23,24,25). The second kappa shape index (κ2) is 7.72. The summed E-state index contributed by atoms with van der Waals surface area (Å²) in [5.41, 5.74) is 2.44. The van der Waals surface area contributed by atoms with E-state index in [1.807, 2.05) is 50.2 Å². The fourth-order valence-corrected chi connectivity index (χ4v) is 2.83. The lowest BCUT2D eigenvalue weighted by atomic mass is 10.1. The van der Waals surface area contributed by atoms with E-state index in [1.54, 1.807) is 18.2 Å². The van der Waals surface area contributed by atoms with Crippen LogP contribution in [0, 0.1) is 0 Å². The van der Waals surface area contributed by atoms with E-state index in [9.17, 15) is 0 Å². The van der Waals surface area contributed by atoms with Gasteiger partial charge in [-0.15, -0.1) is 0 Å². The number of hydrogen-bond acceptors (Lipinski definition) is 4. The van der Waals surface area contributed by atoms with E-state index >= 15 is 0 Å². The van der Waals surface area contributed by atoms with Crippen LogP contribution in [0.4, 0.5) is 17.5 Å². The molecule has 0 saturated carbocycles. The Kier molecular flexibility index (Phi) is 5.41. The van der Waals surface area contributed by atoms with Crippen LogP contribution >= 0.6 is 23.2 Å². The van der Waals surface area contributed by atoms with Gasteiger partial charge in [-0.2, -0.15) is 4.98 Å². The first-order valence-corrected chi connectivity index (χ1v) is 8.70. The Morgan fingerprint density at radius 3 is 2.20 bits per heavy atom. The van der Waals surface area contributed by atoms with Crippen molar-refractivity contribution in [3.8, 4) is 11.3 Å². The third-order valence-corrected chi connectivity index (χ3v) is 4.06. The Balaban J connectivity index is 2.03. The molecule has 6 heteroatoms. The van der Waals surface area contributed by atoms with Crippen LogP contribution in [-0.2, 0) is 0 Å². The summed E-state index contributed by atoms with van der Waals surface area (Å²) < 4.78 is 0. The maximum Gasteiger partial charge on any atom is 0.225 e. The van der Waals surface area contributed by atoms with Gasteiger partial charge >= 0.3 is 0 Å². The molecule has 25 heavy (non-hydrogen) atoms. The van der Waals surface area contributed by atoms with Crippen LogP contribution < -0.4 is 10.6 Å². The van der Waals surface area contributed by atoms with Crippen molar-refractivity contribution in [3.63, 3.8) is 0 Å². The Labute approximate surface area is 157 Å². The minimum Gasteiger partial charge on any atom is -0.352 e. The van der Waals surface area contributed by atoms with Crippen LogP contribution in [0.2, 0.25) is 10.0 Å². The largest absolute Gasteiger partial charge is 0.352 e. The van der Waals surface area contributed by atoms with Gasteiger partial charge in [0.15, 0.2) is 0 Å². The third kappa shape index (κ3) is 4.41. The molecule has 0 radical (unpaired) electrons. The summed E-state index contributed by atoms with van der Waals surface area (Å²) in [6.45, 7) is 4.08. The van der Waals surface area contributed by atoms with Crippen LogP contribution in [0.25, 0.3) is 11.3 Å². The van der Waals surface area contributed by atoms with Crippen molar-refractivity contribution in [1.82, 2.24) is 9.97 Å².